The molecular formula is C17H18N4O2S. The van der Waals surface area contributed by atoms with Crippen molar-refractivity contribution >= 4 is 28.6 Å². The Morgan fingerprint density at radius 2 is 2.04 bits per heavy atom. The van der Waals surface area contributed by atoms with Crippen molar-refractivity contribution in [1.29, 1.82) is 0 Å². The number of ketones is 1. The molecule has 0 radical (unpaired) electrons. The van der Waals surface area contributed by atoms with Crippen molar-refractivity contribution in [3.63, 3.8) is 0 Å². The molecule has 2 heterocycles. The van der Waals surface area contributed by atoms with Crippen LogP contribution in [-0.2, 0) is 4.79 Å². The van der Waals surface area contributed by atoms with Crippen molar-refractivity contribution in [1.82, 2.24) is 19.7 Å². The van der Waals surface area contributed by atoms with E-state index in [9.17, 15) is 9.59 Å². The summed E-state index contributed by atoms with van der Waals surface area (Å²) in [7, 11) is 0. The molecule has 2 aromatic heterocycles. The van der Waals surface area contributed by atoms with Gasteiger partial charge in [-0.25, -0.2) is 9.67 Å². The molecule has 1 N–H and O–H groups in total. The van der Waals surface area contributed by atoms with Crippen LogP contribution in [0.15, 0.2) is 34.3 Å². The minimum atomic E-state index is -0.274. The predicted molar refractivity (Wildman–Crippen MR) is 95.0 cm³/mol. The number of carbonyl (C=O) groups excluding carboxylic acids is 1. The zero-order valence-corrected chi connectivity index (χ0v) is 14.8. The van der Waals surface area contributed by atoms with Gasteiger partial charge in [0.2, 0.25) is 0 Å². The van der Waals surface area contributed by atoms with E-state index in [1.54, 1.807) is 11.6 Å². The first-order valence-electron chi connectivity index (χ1n) is 7.59. The Labute approximate surface area is 143 Å². The van der Waals surface area contributed by atoms with Crippen LogP contribution in [0.25, 0.3) is 16.7 Å². The highest BCUT2D eigenvalue weighted by Gasteiger charge is 2.15. The van der Waals surface area contributed by atoms with Crippen LogP contribution in [0.1, 0.15) is 25.0 Å². The number of rotatable bonds is 4. The third kappa shape index (κ3) is 2.99. The zero-order valence-electron chi connectivity index (χ0n) is 14.0. The Morgan fingerprint density at radius 3 is 2.71 bits per heavy atom. The SMILES string of the molecule is CC(=O)[C@H](C)Sc1nc2c(cnn2-c2ccc(C)c(C)c2)c(=O)[nH]1. The number of carbonyl (C=O) groups is 1. The molecule has 7 heteroatoms. The molecule has 0 saturated carbocycles. The molecule has 0 amide bonds. The highest BCUT2D eigenvalue weighted by atomic mass is 32.2. The number of aromatic amines is 1. The average Bonchev–Trinajstić information content (AvgIpc) is 2.94. The molecule has 1 aromatic carbocycles. The fraction of sp³-hybridized carbons (Fsp3) is 0.294. The van der Waals surface area contributed by atoms with Crippen LogP contribution >= 0.6 is 11.8 Å². The van der Waals surface area contributed by atoms with E-state index in [4.69, 9.17) is 0 Å². The summed E-state index contributed by atoms with van der Waals surface area (Å²) < 4.78 is 1.65. The van der Waals surface area contributed by atoms with Crippen LogP contribution in [0.3, 0.4) is 0 Å². The lowest BCUT2D eigenvalue weighted by molar-refractivity contribution is -0.116. The summed E-state index contributed by atoms with van der Waals surface area (Å²) in [6.45, 7) is 7.38. The normalized spacial score (nSPS) is 12.5. The molecule has 3 rings (SSSR count). The van der Waals surface area contributed by atoms with Crippen molar-refractivity contribution < 1.29 is 4.79 Å². The summed E-state index contributed by atoms with van der Waals surface area (Å²) >= 11 is 1.24. The molecule has 0 spiro atoms. The van der Waals surface area contributed by atoms with Crippen LogP contribution in [-0.4, -0.2) is 30.8 Å². The van der Waals surface area contributed by atoms with E-state index < -0.39 is 0 Å². The van der Waals surface area contributed by atoms with Crippen molar-refractivity contribution in [2.75, 3.05) is 0 Å². The lowest BCUT2D eigenvalue weighted by Crippen LogP contribution is -2.14. The average molecular weight is 342 g/mol. The quantitative estimate of drug-likeness (QED) is 0.582. The van der Waals surface area contributed by atoms with Gasteiger partial charge in [0.05, 0.1) is 17.1 Å². The van der Waals surface area contributed by atoms with Gasteiger partial charge in [-0.3, -0.25) is 9.59 Å². The first kappa shape index (κ1) is 16.4. The molecule has 0 saturated heterocycles. The molecule has 0 aliphatic carbocycles. The monoisotopic (exact) mass is 342 g/mol. The Hall–Kier alpha value is -2.41. The highest BCUT2D eigenvalue weighted by Crippen LogP contribution is 2.22. The smallest absolute Gasteiger partial charge is 0.262 e. The number of aryl methyl sites for hydroxylation is 2. The van der Waals surface area contributed by atoms with Gasteiger partial charge in [-0.2, -0.15) is 5.10 Å². The van der Waals surface area contributed by atoms with Gasteiger partial charge in [0.15, 0.2) is 10.8 Å². The van der Waals surface area contributed by atoms with Gasteiger partial charge in [0, 0.05) is 0 Å². The number of Topliss-reactive ketones (excluding diaryl/α,β-unsaturated/α-hetero) is 1. The topological polar surface area (TPSA) is 80.6 Å². The molecule has 0 fully saturated rings. The Balaban J connectivity index is 2.13. The Kier molecular flexibility index (Phi) is 4.28. The second-order valence-corrected chi connectivity index (χ2v) is 7.13. The number of fused-ring (bicyclic) bond motifs is 1. The van der Waals surface area contributed by atoms with Crippen LogP contribution in [0.5, 0.6) is 0 Å². The van der Waals surface area contributed by atoms with Crippen molar-refractivity contribution in [3.8, 4) is 5.69 Å². The summed E-state index contributed by atoms with van der Waals surface area (Å²) in [6, 6.07) is 5.97. The lowest BCUT2D eigenvalue weighted by atomic mass is 10.1. The maximum Gasteiger partial charge on any atom is 0.262 e. The molecule has 0 unspecified atom stereocenters. The summed E-state index contributed by atoms with van der Waals surface area (Å²) in [5, 5.41) is 4.88. The van der Waals surface area contributed by atoms with E-state index in [2.05, 4.69) is 15.1 Å². The highest BCUT2D eigenvalue weighted by molar-refractivity contribution is 8.00. The van der Waals surface area contributed by atoms with Gasteiger partial charge in [0.1, 0.15) is 11.2 Å². The molecule has 0 aliphatic heterocycles. The van der Waals surface area contributed by atoms with Gasteiger partial charge < -0.3 is 4.98 Å². The number of benzene rings is 1. The Morgan fingerprint density at radius 1 is 1.29 bits per heavy atom. The van der Waals surface area contributed by atoms with Gasteiger partial charge in [0.25, 0.3) is 5.56 Å². The van der Waals surface area contributed by atoms with Gasteiger partial charge in [-0.05, 0) is 51.0 Å². The molecule has 0 bridgehead atoms. The minimum absolute atomic E-state index is 0.0328. The second-order valence-electron chi connectivity index (χ2n) is 5.80. The molecule has 1 atom stereocenters. The third-order valence-corrected chi connectivity index (χ3v) is 5.11. The van der Waals surface area contributed by atoms with E-state index in [1.165, 1.54) is 30.4 Å². The van der Waals surface area contributed by atoms with E-state index in [1.807, 2.05) is 32.0 Å². The molecule has 0 aliphatic rings. The number of hydrogen-bond donors (Lipinski definition) is 1. The third-order valence-electron chi connectivity index (χ3n) is 4.01. The Bertz CT molecular complexity index is 990. The maximum absolute atomic E-state index is 12.3. The lowest BCUT2D eigenvalue weighted by Gasteiger charge is -2.08. The number of H-pyrrole nitrogens is 1. The van der Waals surface area contributed by atoms with E-state index in [-0.39, 0.29) is 16.6 Å². The fourth-order valence-corrected chi connectivity index (χ4v) is 3.04. The summed E-state index contributed by atoms with van der Waals surface area (Å²) in [5.74, 6) is 0.0328. The largest absolute Gasteiger partial charge is 0.301 e. The van der Waals surface area contributed by atoms with Crippen molar-refractivity contribution in [3.05, 3.63) is 45.9 Å². The second kappa shape index (κ2) is 6.24. The van der Waals surface area contributed by atoms with Crippen molar-refractivity contribution in [2.45, 2.75) is 38.1 Å². The predicted octanol–water partition coefficient (Wildman–Crippen LogP) is 2.80. The number of thioether (sulfide) groups is 1. The molecule has 6 nitrogen and oxygen atoms in total. The van der Waals surface area contributed by atoms with Gasteiger partial charge in [-0.1, -0.05) is 17.8 Å². The van der Waals surface area contributed by atoms with Crippen molar-refractivity contribution in [2.24, 2.45) is 0 Å². The van der Waals surface area contributed by atoms with E-state index in [0.29, 0.717) is 16.2 Å². The van der Waals surface area contributed by atoms with Crippen LogP contribution < -0.4 is 5.56 Å². The van der Waals surface area contributed by atoms with E-state index in [0.717, 1.165) is 11.3 Å². The molecule has 3 aromatic rings. The van der Waals surface area contributed by atoms with Gasteiger partial charge in [-0.15, -0.1) is 0 Å². The minimum Gasteiger partial charge on any atom is -0.301 e. The van der Waals surface area contributed by atoms with Crippen LogP contribution in [0, 0.1) is 13.8 Å². The molecular weight excluding hydrogens is 324 g/mol. The zero-order chi connectivity index (χ0) is 17.4. The summed E-state index contributed by atoms with van der Waals surface area (Å²) in [6.07, 6.45) is 1.51. The molecule has 24 heavy (non-hydrogen) atoms. The standard InChI is InChI=1S/C17H18N4O2S/c1-9-5-6-13(7-10(9)2)21-15-14(8-18-21)16(23)20-17(19-15)24-12(4)11(3)22/h5-8,12H,1-4H3,(H,19,20,23)/t12-/m0/s1. The maximum atomic E-state index is 12.3. The fourth-order valence-electron chi connectivity index (χ4n) is 2.25. The summed E-state index contributed by atoms with van der Waals surface area (Å²) in [5.41, 5.74) is 3.41. The first-order valence-corrected chi connectivity index (χ1v) is 8.47. The first-order chi connectivity index (χ1) is 11.4. The number of nitrogens with zero attached hydrogens (tertiary/aromatic N) is 3. The van der Waals surface area contributed by atoms with Gasteiger partial charge >= 0.3 is 0 Å². The number of nitrogens with one attached hydrogen (secondary N) is 1. The number of aromatic nitrogens is 4. The molecule has 124 valence electrons. The summed E-state index contributed by atoms with van der Waals surface area (Å²) in [4.78, 5) is 30.9. The van der Waals surface area contributed by atoms with E-state index >= 15 is 0 Å². The van der Waals surface area contributed by atoms with Crippen LogP contribution in [0.2, 0.25) is 0 Å². The van der Waals surface area contributed by atoms with Crippen LogP contribution in [0.4, 0.5) is 0 Å². The number of hydrogen-bond acceptors (Lipinski definition) is 5.